The standard InChI is InChI=1S/C20H20F3N3O2S/c1-19(2)18(28)25-13-7-3-5-9-15(13)26(19)17(27)11-24-14-8-4-6-10-16(14)29-12-20(21,22)23/h3-10,24H,11-12H2,1-2H3,(H,25,28). The van der Waals surface area contributed by atoms with Gasteiger partial charge in [0.1, 0.15) is 5.54 Å². The molecule has 0 radical (unpaired) electrons. The summed E-state index contributed by atoms with van der Waals surface area (Å²) in [6.07, 6.45) is -4.29. The van der Waals surface area contributed by atoms with Gasteiger partial charge in [0, 0.05) is 10.6 Å². The SMILES string of the molecule is CC1(C)C(=O)Nc2ccccc2N1C(=O)CNc1ccccc1SCC(F)(F)F. The van der Waals surface area contributed by atoms with Gasteiger partial charge in [-0.25, -0.2) is 0 Å². The molecule has 5 nitrogen and oxygen atoms in total. The van der Waals surface area contributed by atoms with Gasteiger partial charge in [-0.1, -0.05) is 24.3 Å². The van der Waals surface area contributed by atoms with Gasteiger partial charge in [-0.05, 0) is 38.1 Å². The second-order valence-electron chi connectivity index (χ2n) is 7.01. The number of fused-ring (bicyclic) bond motifs is 1. The van der Waals surface area contributed by atoms with Gasteiger partial charge in [0.25, 0.3) is 0 Å². The number of carbonyl (C=O) groups is 2. The van der Waals surface area contributed by atoms with Gasteiger partial charge in [-0.15, -0.1) is 11.8 Å². The highest BCUT2D eigenvalue weighted by Gasteiger charge is 2.43. The summed E-state index contributed by atoms with van der Waals surface area (Å²) >= 11 is 0.653. The van der Waals surface area contributed by atoms with Gasteiger partial charge in [0.05, 0.1) is 23.7 Å². The van der Waals surface area contributed by atoms with Crippen LogP contribution in [0.25, 0.3) is 0 Å². The van der Waals surface area contributed by atoms with Crippen LogP contribution in [0, 0.1) is 0 Å². The molecule has 0 fully saturated rings. The minimum absolute atomic E-state index is 0.172. The average molecular weight is 423 g/mol. The Kier molecular flexibility index (Phi) is 5.79. The molecular weight excluding hydrogens is 403 g/mol. The number of rotatable bonds is 5. The normalized spacial score (nSPS) is 15.5. The lowest BCUT2D eigenvalue weighted by atomic mass is 9.96. The molecule has 3 rings (SSSR count). The number of para-hydroxylation sites is 3. The number of hydrogen-bond acceptors (Lipinski definition) is 4. The molecule has 1 heterocycles. The molecule has 0 aliphatic carbocycles. The van der Waals surface area contributed by atoms with Crippen molar-refractivity contribution in [1.29, 1.82) is 0 Å². The van der Waals surface area contributed by atoms with Crippen LogP contribution in [0.4, 0.5) is 30.2 Å². The van der Waals surface area contributed by atoms with E-state index in [2.05, 4.69) is 10.6 Å². The summed E-state index contributed by atoms with van der Waals surface area (Å²) in [7, 11) is 0. The second kappa shape index (κ2) is 7.98. The van der Waals surface area contributed by atoms with E-state index in [0.29, 0.717) is 33.7 Å². The fourth-order valence-electron chi connectivity index (χ4n) is 3.05. The van der Waals surface area contributed by atoms with Crippen LogP contribution in [0.2, 0.25) is 0 Å². The summed E-state index contributed by atoms with van der Waals surface area (Å²) in [5.41, 5.74) is 0.426. The Balaban J connectivity index is 1.79. The molecule has 0 aromatic heterocycles. The zero-order valence-corrected chi connectivity index (χ0v) is 16.7. The Morgan fingerprint density at radius 2 is 1.79 bits per heavy atom. The third-order valence-corrected chi connectivity index (χ3v) is 5.60. The topological polar surface area (TPSA) is 61.4 Å². The lowest BCUT2D eigenvalue weighted by Gasteiger charge is -2.42. The van der Waals surface area contributed by atoms with Gasteiger partial charge in [-0.2, -0.15) is 13.2 Å². The molecular formula is C20H20F3N3O2S. The van der Waals surface area contributed by atoms with Crippen LogP contribution in [0.1, 0.15) is 13.8 Å². The molecule has 154 valence electrons. The van der Waals surface area contributed by atoms with Gasteiger partial charge in [0.2, 0.25) is 11.8 Å². The molecule has 2 aromatic rings. The number of nitrogens with one attached hydrogen (secondary N) is 2. The van der Waals surface area contributed by atoms with Crippen LogP contribution >= 0.6 is 11.8 Å². The minimum Gasteiger partial charge on any atom is -0.375 e. The molecule has 1 aliphatic rings. The van der Waals surface area contributed by atoms with Crippen LogP contribution < -0.4 is 15.5 Å². The lowest BCUT2D eigenvalue weighted by molar-refractivity contribution is -0.125. The fraction of sp³-hybridized carbons (Fsp3) is 0.300. The van der Waals surface area contributed by atoms with Crippen molar-refractivity contribution in [3.63, 3.8) is 0 Å². The summed E-state index contributed by atoms with van der Waals surface area (Å²) in [5.74, 6) is -1.70. The van der Waals surface area contributed by atoms with Crippen molar-refractivity contribution in [1.82, 2.24) is 0 Å². The van der Waals surface area contributed by atoms with E-state index in [1.165, 1.54) is 4.90 Å². The third-order valence-electron chi connectivity index (χ3n) is 4.47. The highest BCUT2D eigenvalue weighted by molar-refractivity contribution is 7.99. The molecule has 2 amide bonds. The van der Waals surface area contributed by atoms with Crippen LogP contribution in [0.3, 0.4) is 0 Å². The zero-order chi connectivity index (χ0) is 21.2. The van der Waals surface area contributed by atoms with E-state index in [9.17, 15) is 22.8 Å². The van der Waals surface area contributed by atoms with Crippen LogP contribution in [-0.4, -0.2) is 35.8 Å². The number of halogens is 3. The molecule has 0 spiro atoms. The molecule has 9 heteroatoms. The first-order valence-corrected chi connectivity index (χ1v) is 9.84. The van der Waals surface area contributed by atoms with Crippen molar-refractivity contribution in [2.24, 2.45) is 0 Å². The number of anilines is 3. The smallest absolute Gasteiger partial charge is 0.375 e. The minimum atomic E-state index is -4.29. The van der Waals surface area contributed by atoms with Crippen LogP contribution in [0.15, 0.2) is 53.4 Å². The average Bonchev–Trinajstić information content (AvgIpc) is 2.65. The van der Waals surface area contributed by atoms with Crippen molar-refractivity contribution < 1.29 is 22.8 Å². The van der Waals surface area contributed by atoms with E-state index in [1.807, 2.05) is 0 Å². The molecule has 0 saturated heterocycles. The number of amides is 2. The summed E-state index contributed by atoms with van der Waals surface area (Å²) in [5, 5.41) is 5.70. The van der Waals surface area contributed by atoms with Crippen molar-refractivity contribution in [2.75, 3.05) is 27.8 Å². The maximum absolute atomic E-state index is 13.0. The summed E-state index contributed by atoms with van der Waals surface area (Å²) in [6, 6.07) is 13.5. The highest BCUT2D eigenvalue weighted by Crippen LogP contribution is 2.37. The Labute approximate surface area is 170 Å². The first-order valence-electron chi connectivity index (χ1n) is 8.85. The van der Waals surface area contributed by atoms with Crippen molar-refractivity contribution in [2.45, 2.75) is 30.5 Å². The number of nitrogens with zero attached hydrogens (tertiary/aromatic N) is 1. The maximum Gasteiger partial charge on any atom is 0.398 e. The second-order valence-corrected chi connectivity index (χ2v) is 8.03. The first-order chi connectivity index (χ1) is 13.6. The van der Waals surface area contributed by atoms with E-state index >= 15 is 0 Å². The molecule has 29 heavy (non-hydrogen) atoms. The van der Waals surface area contributed by atoms with E-state index in [-0.39, 0.29) is 18.4 Å². The molecule has 0 saturated carbocycles. The summed E-state index contributed by atoms with van der Waals surface area (Å²) < 4.78 is 37.7. The fourth-order valence-corrected chi connectivity index (χ4v) is 3.84. The molecule has 2 N–H and O–H groups in total. The van der Waals surface area contributed by atoms with Gasteiger partial charge >= 0.3 is 6.18 Å². The number of alkyl halides is 3. The van der Waals surface area contributed by atoms with E-state index in [4.69, 9.17) is 0 Å². The van der Waals surface area contributed by atoms with Gasteiger partial charge in [-0.3, -0.25) is 14.5 Å². The lowest BCUT2D eigenvalue weighted by Crippen LogP contribution is -2.59. The number of carbonyl (C=O) groups excluding carboxylic acids is 2. The zero-order valence-electron chi connectivity index (χ0n) is 15.8. The van der Waals surface area contributed by atoms with E-state index in [0.717, 1.165) is 0 Å². The van der Waals surface area contributed by atoms with Crippen LogP contribution in [-0.2, 0) is 9.59 Å². The van der Waals surface area contributed by atoms with Gasteiger partial charge in [0.15, 0.2) is 0 Å². The predicted octanol–water partition coefficient (Wildman–Crippen LogP) is 4.52. The van der Waals surface area contributed by atoms with E-state index in [1.54, 1.807) is 62.4 Å². The quantitative estimate of drug-likeness (QED) is 0.695. The van der Waals surface area contributed by atoms with Crippen molar-refractivity contribution in [3.8, 4) is 0 Å². The Hall–Kier alpha value is -2.68. The first kappa shape index (κ1) is 21.0. The van der Waals surface area contributed by atoms with Crippen molar-refractivity contribution >= 4 is 40.6 Å². The van der Waals surface area contributed by atoms with E-state index < -0.39 is 17.5 Å². The van der Waals surface area contributed by atoms with Crippen molar-refractivity contribution in [3.05, 3.63) is 48.5 Å². The monoisotopic (exact) mass is 423 g/mol. The Morgan fingerprint density at radius 3 is 2.52 bits per heavy atom. The van der Waals surface area contributed by atoms with Gasteiger partial charge < -0.3 is 10.6 Å². The predicted molar refractivity (Wildman–Crippen MR) is 108 cm³/mol. The Bertz CT molecular complexity index is 931. The largest absolute Gasteiger partial charge is 0.398 e. The summed E-state index contributed by atoms with van der Waals surface area (Å²) in [6.45, 7) is 3.11. The molecule has 0 atom stereocenters. The highest BCUT2D eigenvalue weighted by atomic mass is 32.2. The summed E-state index contributed by atoms with van der Waals surface area (Å²) in [4.78, 5) is 27.3. The van der Waals surface area contributed by atoms with Crippen LogP contribution in [0.5, 0.6) is 0 Å². The molecule has 1 aliphatic heterocycles. The molecule has 0 bridgehead atoms. The molecule has 2 aromatic carbocycles. The third kappa shape index (κ3) is 4.67. The maximum atomic E-state index is 13.0. The number of benzene rings is 2. The number of hydrogen-bond donors (Lipinski definition) is 2. The number of thioether (sulfide) groups is 1. The molecule has 0 unspecified atom stereocenters. The Morgan fingerprint density at radius 1 is 1.14 bits per heavy atom.